The highest BCUT2D eigenvalue weighted by Crippen LogP contribution is 2.89. The third kappa shape index (κ3) is 7.63. The Labute approximate surface area is 378 Å². The lowest BCUT2D eigenvalue weighted by molar-refractivity contribution is -0.390. The summed E-state index contributed by atoms with van der Waals surface area (Å²) >= 11 is 0. The first kappa shape index (κ1) is 49.5. The average Bonchev–Trinajstić information content (AvgIpc) is 3.85. The fraction of sp³-hybridized carbons (Fsp3) is 0.958. The van der Waals surface area contributed by atoms with E-state index in [-0.39, 0.29) is 45.7 Å². The summed E-state index contributed by atoms with van der Waals surface area (Å²) in [6.07, 6.45) is -10.0. The summed E-state index contributed by atoms with van der Waals surface area (Å²) < 4.78 is 37.3. The molecule has 3 heterocycles. The fourth-order valence-electron chi connectivity index (χ4n) is 15.5. The molecule has 8 aliphatic rings. The summed E-state index contributed by atoms with van der Waals surface area (Å²) in [7, 11) is 0. The van der Waals surface area contributed by atoms with Gasteiger partial charge < -0.3 is 79.5 Å². The summed E-state index contributed by atoms with van der Waals surface area (Å²) in [5.41, 5.74) is 1.24. The van der Waals surface area contributed by atoms with Crippen molar-refractivity contribution in [3.63, 3.8) is 0 Å². The standard InChI is InChI=1S/C48H80O16/c1-22(19-49)9-10-27(51)23(2)26-13-15-46(8)30-12-11-29-44(5,6)31(14-16-47(29)21-48(30,47)18-17-45(26,46)7)62-43-40(64-41-36(56)34(54)32(52)24(3)59-41)38(58)39(25(4)60-43)63-42-37(57)35(55)33(53)28(20-50)61-42/h9,23-43,49-58H,10-21H2,1-8H3/b22-9-/t23-,24-,25+,26+,27-,28+,29-,30-,31-,32-,33+,34+,35-,36+,37+,38-,39-,40+,41-,42-,43-,45+,46-,47+,48-/m0/s1. The van der Waals surface area contributed by atoms with Gasteiger partial charge in [0.05, 0.1) is 37.6 Å². The molecule has 3 aliphatic heterocycles. The third-order valence-electron chi connectivity index (χ3n) is 19.6. The summed E-state index contributed by atoms with van der Waals surface area (Å²) in [6, 6.07) is 0. The third-order valence-corrected chi connectivity index (χ3v) is 19.6. The zero-order valence-electron chi connectivity index (χ0n) is 39.1. The highest BCUT2D eigenvalue weighted by atomic mass is 16.8. The van der Waals surface area contributed by atoms with E-state index in [4.69, 9.17) is 28.4 Å². The molecule has 8 fully saturated rings. The molecule has 64 heavy (non-hydrogen) atoms. The van der Waals surface area contributed by atoms with Crippen LogP contribution >= 0.6 is 0 Å². The molecule has 0 aromatic rings. The summed E-state index contributed by atoms with van der Waals surface area (Å²) in [5.74, 6) is 1.51. The van der Waals surface area contributed by atoms with Crippen LogP contribution in [0.5, 0.6) is 0 Å². The van der Waals surface area contributed by atoms with E-state index in [1.54, 1.807) is 6.92 Å². The minimum Gasteiger partial charge on any atom is -0.394 e. The molecule has 10 N–H and O–H groups in total. The van der Waals surface area contributed by atoms with Crippen LogP contribution in [0.1, 0.15) is 120 Å². The van der Waals surface area contributed by atoms with E-state index in [1.165, 1.54) is 19.8 Å². The number of rotatable bonds is 12. The summed E-state index contributed by atoms with van der Waals surface area (Å²) in [5, 5.41) is 107. The van der Waals surface area contributed by atoms with E-state index in [0.717, 1.165) is 50.5 Å². The Morgan fingerprint density at radius 1 is 0.641 bits per heavy atom. The molecule has 3 saturated heterocycles. The maximum absolute atomic E-state index is 12.1. The van der Waals surface area contributed by atoms with Crippen molar-refractivity contribution in [1.29, 1.82) is 0 Å². The van der Waals surface area contributed by atoms with Crippen LogP contribution in [0.3, 0.4) is 0 Å². The highest BCUT2D eigenvalue weighted by Gasteiger charge is 2.82. The van der Waals surface area contributed by atoms with E-state index in [1.807, 2.05) is 13.0 Å². The fourth-order valence-corrected chi connectivity index (χ4v) is 15.5. The lowest BCUT2D eigenvalue weighted by Gasteiger charge is -2.63. The molecular formula is C48H80O16. The van der Waals surface area contributed by atoms with E-state index >= 15 is 0 Å². The molecule has 2 spiro atoms. The normalized spacial score (nSPS) is 54.5. The van der Waals surface area contributed by atoms with Crippen LogP contribution in [0.25, 0.3) is 0 Å². The van der Waals surface area contributed by atoms with Gasteiger partial charge in [0.2, 0.25) is 0 Å². The van der Waals surface area contributed by atoms with Gasteiger partial charge in [-0.2, -0.15) is 0 Å². The van der Waals surface area contributed by atoms with Gasteiger partial charge in [-0.15, -0.1) is 0 Å². The number of aliphatic hydroxyl groups excluding tert-OH is 10. The minimum absolute atomic E-state index is 0.00753. The Bertz CT molecular complexity index is 1680. The van der Waals surface area contributed by atoms with Crippen LogP contribution in [0.15, 0.2) is 11.6 Å². The molecule has 16 heteroatoms. The van der Waals surface area contributed by atoms with Gasteiger partial charge in [-0.3, -0.25) is 0 Å². The first-order chi connectivity index (χ1) is 30.0. The SMILES string of the molecule is C/C(=C/C[C@H](O)[C@@H](C)[C@H]1CC[C@@]2(C)[C@@H]3CC[C@H]4C(C)(C)[C@@H](O[C@@H]5O[C@H](C)[C@H](O[C@@H]6O[C@H](CO)[C@@H](O)[C@H](O)[C@H]6O)[C@H](O)[C@H]5O[C@@H]5O[C@@H](C)[C@H](O)[C@@H](O)[C@H]5O)CC[C@@]45C[C@@]35CC[C@]12C)CO. The topological polar surface area (TPSA) is 258 Å². The molecule has 5 aliphatic carbocycles. The minimum atomic E-state index is -1.75. The second-order valence-corrected chi connectivity index (χ2v) is 22.8. The van der Waals surface area contributed by atoms with Crippen molar-refractivity contribution in [2.24, 2.45) is 50.7 Å². The Balaban J connectivity index is 1.00. The Morgan fingerprint density at radius 3 is 1.92 bits per heavy atom. The van der Waals surface area contributed by atoms with Gasteiger partial charge in [0.25, 0.3) is 0 Å². The Kier molecular flexibility index (Phi) is 13.8. The predicted octanol–water partition coefficient (Wildman–Crippen LogP) is 1.64. The van der Waals surface area contributed by atoms with Gasteiger partial charge in [-0.05, 0) is 136 Å². The molecule has 8 rings (SSSR count). The molecule has 368 valence electrons. The van der Waals surface area contributed by atoms with Crippen molar-refractivity contribution in [1.82, 2.24) is 0 Å². The lowest BCUT2D eigenvalue weighted by atomic mass is 9.41. The molecule has 25 atom stereocenters. The average molecular weight is 913 g/mol. The molecule has 0 unspecified atom stereocenters. The monoisotopic (exact) mass is 913 g/mol. The molecule has 0 bridgehead atoms. The van der Waals surface area contributed by atoms with Crippen LogP contribution in [0.2, 0.25) is 0 Å². The molecule has 0 aromatic carbocycles. The number of hydrogen-bond donors (Lipinski definition) is 10. The van der Waals surface area contributed by atoms with Gasteiger partial charge in [-0.25, -0.2) is 0 Å². The second-order valence-electron chi connectivity index (χ2n) is 22.8. The van der Waals surface area contributed by atoms with Crippen LogP contribution in [-0.4, -0.2) is 169 Å². The summed E-state index contributed by atoms with van der Waals surface area (Å²) in [6.45, 7) is 16.3. The molecule has 16 nitrogen and oxygen atoms in total. The number of hydrogen-bond acceptors (Lipinski definition) is 16. The Morgan fingerprint density at radius 2 is 1.25 bits per heavy atom. The van der Waals surface area contributed by atoms with Crippen LogP contribution in [0.4, 0.5) is 0 Å². The molecular weight excluding hydrogens is 833 g/mol. The van der Waals surface area contributed by atoms with Crippen molar-refractivity contribution in [3.8, 4) is 0 Å². The molecule has 0 aromatic heterocycles. The first-order valence-corrected chi connectivity index (χ1v) is 24.3. The van der Waals surface area contributed by atoms with Gasteiger partial charge in [0.15, 0.2) is 18.9 Å². The zero-order chi connectivity index (χ0) is 46.6. The van der Waals surface area contributed by atoms with Crippen LogP contribution < -0.4 is 0 Å². The van der Waals surface area contributed by atoms with Crippen molar-refractivity contribution in [2.45, 2.75) is 224 Å². The van der Waals surface area contributed by atoms with E-state index in [0.29, 0.717) is 24.2 Å². The maximum atomic E-state index is 12.1. The van der Waals surface area contributed by atoms with Crippen LogP contribution in [-0.2, 0) is 28.4 Å². The van der Waals surface area contributed by atoms with E-state index < -0.39 is 105 Å². The molecule has 5 saturated carbocycles. The first-order valence-electron chi connectivity index (χ1n) is 24.3. The van der Waals surface area contributed by atoms with Crippen molar-refractivity contribution >= 4 is 0 Å². The lowest BCUT2D eigenvalue weighted by Crippen LogP contribution is -2.66. The second kappa shape index (κ2) is 17.8. The van der Waals surface area contributed by atoms with Crippen molar-refractivity contribution in [3.05, 3.63) is 11.6 Å². The smallest absolute Gasteiger partial charge is 0.187 e. The zero-order valence-corrected chi connectivity index (χ0v) is 39.1. The van der Waals surface area contributed by atoms with Gasteiger partial charge in [0.1, 0.15) is 61.0 Å². The number of ether oxygens (including phenoxy) is 6. The number of aliphatic hydroxyl groups is 10. The number of fused-ring (bicyclic) bond motifs is 2. The predicted molar refractivity (Wildman–Crippen MR) is 229 cm³/mol. The van der Waals surface area contributed by atoms with E-state index in [9.17, 15) is 51.1 Å². The van der Waals surface area contributed by atoms with Crippen LogP contribution in [0, 0.1) is 50.7 Å². The van der Waals surface area contributed by atoms with E-state index in [2.05, 4.69) is 34.6 Å². The van der Waals surface area contributed by atoms with Gasteiger partial charge >= 0.3 is 0 Å². The van der Waals surface area contributed by atoms with Crippen molar-refractivity contribution in [2.75, 3.05) is 13.2 Å². The van der Waals surface area contributed by atoms with Crippen molar-refractivity contribution < 1.29 is 79.5 Å². The Hall–Kier alpha value is -0.900. The van der Waals surface area contributed by atoms with Gasteiger partial charge in [-0.1, -0.05) is 46.3 Å². The highest BCUT2D eigenvalue weighted by molar-refractivity contribution is 5.31. The molecule has 0 radical (unpaired) electrons. The van der Waals surface area contributed by atoms with Gasteiger partial charge in [0, 0.05) is 0 Å². The molecule has 0 amide bonds. The largest absolute Gasteiger partial charge is 0.394 e. The quantitative estimate of drug-likeness (QED) is 0.0987. The summed E-state index contributed by atoms with van der Waals surface area (Å²) in [4.78, 5) is 0. The maximum Gasteiger partial charge on any atom is 0.187 e.